The lowest BCUT2D eigenvalue weighted by molar-refractivity contribution is 0.166. The number of fused-ring (bicyclic) bond motifs is 3. The number of aliphatic hydroxyl groups is 1. The summed E-state index contributed by atoms with van der Waals surface area (Å²) in [6, 6.07) is 31.9. The molecule has 0 fully saturated rings. The van der Waals surface area contributed by atoms with Crippen molar-refractivity contribution in [3.63, 3.8) is 0 Å². The van der Waals surface area contributed by atoms with Crippen LogP contribution in [0.4, 0.5) is 5.69 Å². The summed E-state index contributed by atoms with van der Waals surface area (Å²) < 4.78 is 30.6. The molecule has 1 aromatic heterocycles. The summed E-state index contributed by atoms with van der Waals surface area (Å²) in [6.07, 6.45) is -0.931. The lowest BCUT2D eigenvalue weighted by Gasteiger charge is -2.27. The molecule has 5 rings (SSSR count). The third-order valence-electron chi connectivity index (χ3n) is 6.10. The first-order chi connectivity index (χ1) is 16.4. The number of aromatic nitrogens is 1. The van der Waals surface area contributed by atoms with E-state index >= 15 is 0 Å². The molecular weight excluding hydrogens is 444 g/mol. The number of aliphatic hydroxyl groups excluding tert-OH is 1. The highest BCUT2D eigenvalue weighted by Crippen LogP contribution is 2.30. The van der Waals surface area contributed by atoms with Crippen LogP contribution in [0.2, 0.25) is 0 Å². The Bertz CT molecular complexity index is 1490. The predicted molar refractivity (Wildman–Crippen MR) is 138 cm³/mol. The number of nitrogens with zero attached hydrogens (tertiary/aromatic N) is 2. The molecule has 5 aromatic rings. The number of hydrogen-bond acceptors (Lipinski definition) is 3. The van der Waals surface area contributed by atoms with Crippen molar-refractivity contribution < 1.29 is 13.5 Å². The number of anilines is 1. The molecule has 0 radical (unpaired) electrons. The SMILES string of the molecule is Cc1ccc(S(=O)(=O)N(CC(O)Cn2c3ccccc3c3ccccc32)c2ccccc2)cc1. The zero-order chi connectivity index (χ0) is 23.7. The molecule has 0 aliphatic heterocycles. The first-order valence-corrected chi connectivity index (χ1v) is 12.7. The molecule has 4 aromatic carbocycles. The Morgan fingerprint density at radius 1 is 0.765 bits per heavy atom. The third kappa shape index (κ3) is 4.06. The van der Waals surface area contributed by atoms with Gasteiger partial charge in [0.1, 0.15) is 0 Å². The van der Waals surface area contributed by atoms with Crippen LogP contribution in [0.5, 0.6) is 0 Å². The van der Waals surface area contributed by atoms with Gasteiger partial charge in [-0.1, -0.05) is 72.3 Å². The number of rotatable bonds is 7. The maximum atomic E-state index is 13.6. The van der Waals surface area contributed by atoms with Gasteiger partial charge in [-0.25, -0.2) is 8.42 Å². The lowest BCUT2D eigenvalue weighted by Crippen LogP contribution is -2.39. The molecule has 0 saturated heterocycles. The van der Waals surface area contributed by atoms with Gasteiger partial charge in [0.2, 0.25) is 0 Å². The smallest absolute Gasteiger partial charge is 0.264 e. The van der Waals surface area contributed by atoms with E-state index in [-0.39, 0.29) is 18.0 Å². The average Bonchev–Trinajstić information content (AvgIpc) is 3.17. The van der Waals surface area contributed by atoms with Gasteiger partial charge in [-0.05, 0) is 43.3 Å². The normalized spacial score (nSPS) is 12.8. The van der Waals surface area contributed by atoms with Gasteiger partial charge >= 0.3 is 0 Å². The van der Waals surface area contributed by atoms with Crippen molar-refractivity contribution in [1.29, 1.82) is 0 Å². The molecule has 34 heavy (non-hydrogen) atoms. The molecule has 1 heterocycles. The Kier molecular flexibility index (Phi) is 5.86. The fourth-order valence-corrected chi connectivity index (χ4v) is 5.94. The molecule has 172 valence electrons. The van der Waals surface area contributed by atoms with Crippen LogP contribution >= 0.6 is 0 Å². The standard InChI is InChI=1S/C28H26N2O3S/c1-21-15-17-24(18-16-21)34(32,33)30(22-9-3-2-4-10-22)20-23(31)19-29-27-13-7-5-11-25(27)26-12-6-8-14-28(26)29/h2-18,23,31H,19-20H2,1H3. The lowest BCUT2D eigenvalue weighted by atomic mass is 10.2. The molecule has 1 N–H and O–H groups in total. The molecule has 5 nitrogen and oxygen atoms in total. The van der Waals surface area contributed by atoms with Crippen LogP contribution in [-0.2, 0) is 16.6 Å². The molecule has 0 spiro atoms. The third-order valence-corrected chi connectivity index (χ3v) is 7.91. The van der Waals surface area contributed by atoms with E-state index in [2.05, 4.69) is 16.7 Å². The van der Waals surface area contributed by atoms with Gasteiger partial charge in [-0.15, -0.1) is 0 Å². The average molecular weight is 471 g/mol. The number of sulfonamides is 1. The summed E-state index contributed by atoms with van der Waals surface area (Å²) in [5.74, 6) is 0. The van der Waals surface area contributed by atoms with E-state index in [1.54, 1.807) is 48.5 Å². The van der Waals surface area contributed by atoms with E-state index < -0.39 is 16.1 Å². The van der Waals surface area contributed by atoms with Crippen molar-refractivity contribution in [3.05, 3.63) is 109 Å². The molecule has 0 aliphatic carbocycles. The van der Waals surface area contributed by atoms with Crippen LogP contribution < -0.4 is 4.31 Å². The van der Waals surface area contributed by atoms with Gasteiger partial charge in [-0.2, -0.15) is 0 Å². The van der Waals surface area contributed by atoms with Crippen molar-refractivity contribution in [2.45, 2.75) is 24.5 Å². The molecule has 6 heteroatoms. The Labute approximate surface area is 199 Å². The fourth-order valence-electron chi connectivity index (χ4n) is 4.43. The molecule has 0 amide bonds. The van der Waals surface area contributed by atoms with Crippen molar-refractivity contribution >= 4 is 37.5 Å². The molecule has 1 atom stereocenters. The fraction of sp³-hybridized carbons (Fsp3) is 0.143. The van der Waals surface area contributed by atoms with Crippen LogP contribution in [0.15, 0.2) is 108 Å². The summed E-state index contributed by atoms with van der Waals surface area (Å²) in [6.45, 7) is 2.11. The summed E-state index contributed by atoms with van der Waals surface area (Å²) in [5, 5.41) is 13.4. The minimum atomic E-state index is -3.87. The topological polar surface area (TPSA) is 62.5 Å². The summed E-state index contributed by atoms with van der Waals surface area (Å²) in [7, 11) is -3.87. The zero-order valence-electron chi connectivity index (χ0n) is 18.9. The quantitative estimate of drug-likeness (QED) is 0.348. The Morgan fingerprint density at radius 3 is 1.88 bits per heavy atom. The molecule has 0 bridgehead atoms. The van der Waals surface area contributed by atoms with Crippen molar-refractivity contribution in [1.82, 2.24) is 4.57 Å². The van der Waals surface area contributed by atoms with Gasteiger partial charge in [0.25, 0.3) is 10.0 Å². The zero-order valence-corrected chi connectivity index (χ0v) is 19.7. The van der Waals surface area contributed by atoms with Crippen LogP contribution in [-0.4, -0.2) is 30.7 Å². The van der Waals surface area contributed by atoms with E-state index in [0.717, 1.165) is 27.4 Å². The minimum absolute atomic E-state index is 0.0684. The Hall–Kier alpha value is -3.61. The van der Waals surface area contributed by atoms with E-state index in [9.17, 15) is 13.5 Å². The molecule has 0 saturated carbocycles. The van der Waals surface area contributed by atoms with Crippen LogP contribution in [0.25, 0.3) is 21.8 Å². The maximum Gasteiger partial charge on any atom is 0.264 e. The van der Waals surface area contributed by atoms with Gasteiger partial charge in [0.15, 0.2) is 0 Å². The Morgan fingerprint density at radius 2 is 1.29 bits per heavy atom. The second-order valence-electron chi connectivity index (χ2n) is 8.48. The van der Waals surface area contributed by atoms with Gasteiger partial charge < -0.3 is 9.67 Å². The van der Waals surface area contributed by atoms with E-state index in [0.29, 0.717) is 5.69 Å². The van der Waals surface area contributed by atoms with Gasteiger partial charge in [-0.3, -0.25) is 4.31 Å². The highest BCUT2D eigenvalue weighted by molar-refractivity contribution is 7.92. The minimum Gasteiger partial charge on any atom is -0.389 e. The van der Waals surface area contributed by atoms with Crippen LogP contribution in [0.3, 0.4) is 0 Å². The summed E-state index contributed by atoms with van der Waals surface area (Å²) in [4.78, 5) is 0.200. The number of aryl methyl sites for hydroxylation is 1. The van der Waals surface area contributed by atoms with Crippen molar-refractivity contribution in [2.75, 3.05) is 10.8 Å². The highest BCUT2D eigenvalue weighted by Gasteiger charge is 2.27. The van der Waals surface area contributed by atoms with Crippen molar-refractivity contribution in [3.8, 4) is 0 Å². The maximum absolute atomic E-state index is 13.6. The van der Waals surface area contributed by atoms with Crippen LogP contribution in [0.1, 0.15) is 5.56 Å². The van der Waals surface area contributed by atoms with E-state index in [1.807, 2.05) is 49.4 Å². The van der Waals surface area contributed by atoms with Crippen molar-refractivity contribution in [2.24, 2.45) is 0 Å². The van der Waals surface area contributed by atoms with E-state index in [1.165, 1.54) is 4.31 Å². The predicted octanol–water partition coefficient (Wildman–Crippen LogP) is 5.36. The monoisotopic (exact) mass is 470 g/mol. The largest absolute Gasteiger partial charge is 0.389 e. The summed E-state index contributed by atoms with van der Waals surface area (Å²) >= 11 is 0. The second-order valence-corrected chi connectivity index (χ2v) is 10.3. The van der Waals surface area contributed by atoms with Gasteiger partial charge in [0, 0.05) is 21.8 Å². The first kappa shape index (κ1) is 22.2. The molecule has 0 aliphatic rings. The number of benzene rings is 4. The summed E-state index contributed by atoms with van der Waals surface area (Å²) in [5.41, 5.74) is 3.52. The number of hydrogen-bond donors (Lipinski definition) is 1. The molecular formula is C28H26N2O3S. The first-order valence-electron chi connectivity index (χ1n) is 11.2. The second kappa shape index (κ2) is 8.97. The molecule has 1 unspecified atom stereocenters. The van der Waals surface area contributed by atoms with Crippen LogP contribution in [0, 0.1) is 6.92 Å². The van der Waals surface area contributed by atoms with Gasteiger partial charge in [0.05, 0.1) is 29.8 Å². The Balaban J connectivity index is 1.52. The number of para-hydroxylation sites is 3. The van der Waals surface area contributed by atoms with E-state index in [4.69, 9.17) is 0 Å². The highest BCUT2D eigenvalue weighted by atomic mass is 32.2.